The van der Waals surface area contributed by atoms with Crippen molar-refractivity contribution in [2.45, 2.75) is 0 Å². The number of benzene rings is 11. The zero-order valence-corrected chi connectivity index (χ0v) is 36.6. The van der Waals surface area contributed by atoms with Gasteiger partial charge in [0, 0.05) is 39.9 Å². The summed E-state index contributed by atoms with van der Waals surface area (Å²) in [5.41, 5.74) is 8.95. The highest BCUT2D eigenvalue weighted by Gasteiger charge is 2.17. The molecule has 3 heterocycles. The van der Waals surface area contributed by atoms with Crippen molar-refractivity contribution < 1.29 is 0 Å². The lowest BCUT2D eigenvalue weighted by Gasteiger charge is -2.14. The van der Waals surface area contributed by atoms with Crippen LogP contribution in [0.4, 0.5) is 0 Å². The van der Waals surface area contributed by atoms with Crippen molar-refractivity contribution in [3.63, 3.8) is 0 Å². The van der Waals surface area contributed by atoms with Gasteiger partial charge in [0.25, 0.3) is 0 Å². The van der Waals surface area contributed by atoms with Crippen LogP contribution in [-0.4, -0.2) is 24.9 Å². The summed E-state index contributed by atoms with van der Waals surface area (Å²) in [4.78, 5) is 25.3. The van der Waals surface area contributed by atoms with Gasteiger partial charge in [0.15, 0.2) is 17.5 Å². The van der Waals surface area contributed by atoms with Crippen molar-refractivity contribution >= 4 is 86.4 Å². The third kappa shape index (κ3) is 6.68. The van der Waals surface area contributed by atoms with Crippen LogP contribution in [-0.2, 0) is 0 Å². The lowest BCUT2D eigenvalue weighted by molar-refractivity contribution is 1.08. The van der Waals surface area contributed by atoms with E-state index in [0.717, 1.165) is 82.3 Å². The second-order valence-electron chi connectivity index (χ2n) is 17.8. The highest BCUT2D eigenvalue weighted by atomic mass is 15.0. The molecule has 0 aliphatic heterocycles. The summed E-state index contributed by atoms with van der Waals surface area (Å²) in [6, 6.07) is 76.3. The van der Waals surface area contributed by atoms with Gasteiger partial charge in [-0.2, -0.15) is 0 Å². The fraction of sp³-hybridized carbons (Fsp3) is 0. The molecule has 3 aromatic heterocycles. The number of hydrogen-bond acceptors (Lipinski definition) is 5. The molecule has 5 heteroatoms. The van der Waals surface area contributed by atoms with Crippen LogP contribution in [0.25, 0.3) is 143 Å². The predicted octanol–water partition coefficient (Wildman–Crippen LogP) is 16.2. The Morgan fingerprint density at radius 3 is 0.941 bits per heavy atom. The van der Waals surface area contributed by atoms with E-state index >= 15 is 0 Å². The zero-order valence-electron chi connectivity index (χ0n) is 36.6. The summed E-state index contributed by atoms with van der Waals surface area (Å²) in [7, 11) is 0. The molecule has 0 amide bonds. The normalized spacial score (nSPS) is 11.8. The van der Waals surface area contributed by atoms with E-state index in [1.807, 2.05) is 24.5 Å². The first-order chi connectivity index (χ1) is 33.6. The summed E-state index contributed by atoms with van der Waals surface area (Å²) in [5.74, 6) is 1.78. The van der Waals surface area contributed by atoms with Crippen molar-refractivity contribution in [3.05, 3.63) is 225 Å². The van der Waals surface area contributed by atoms with Gasteiger partial charge in [-0.3, -0.25) is 9.97 Å². The second-order valence-corrected chi connectivity index (χ2v) is 17.8. The lowest BCUT2D eigenvalue weighted by Crippen LogP contribution is -2.01. The minimum Gasteiger partial charge on any atom is -0.256 e. The number of hydrogen-bond donors (Lipinski definition) is 0. The quantitative estimate of drug-likeness (QED) is 0.161. The lowest BCUT2D eigenvalue weighted by atomic mass is 9.92. The minimum atomic E-state index is 0.590. The van der Waals surface area contributed by atoms with Gasteiger partial charge in [0.2, 0.25) is 0 Å². The van der Waals surface area contributed by atoms with Gasteiger partial charge in [-0.1, -0.05) is 109 Å². The molecule has 0 spiro atoms. The van der Waals surface area contributed by atoms with Crippen molar-refractivity contribution in [1.82, 2.24) is 24.9 Å². The maximum Gasteiger partial charge on any atom is 0.164 e. The molecule has 0 aliphatic rings. The Morgan fingerprint density at radius 2 is 0.500 bits per heavy atom. The molecule has 0 bridgehead atoms. The van der Waals surface area contributed by atoms with Gasteiger partial charge in [0.1, 0.15) is 0 Å². The van der Waals surface area contributed by atoms with Gasteiger partial charge in [-0.05, 0) is 190 Å². The minimum absolute atomic E-state index is 0.590. The second kappa shape index (κ2) is 15.2. The Balaban J connectivity index is 0.989. The van der Waals surface area contributed by atoms with Crippen LogP contribution >= 0.6 is 0 Å². The van der Waals surface area contributed by atoms with Crippen LogP contribution < -0.4 is 0 Å². The summed E-state index contributed by atoms with van der Waals surface area (Å²) in [5, 5.41) is 16.3. The monoisotopic (exact) mass is 863 g/mol. The topological polar surface area (TPSA) is 64.5 Å². The summed E-state index contributed by atoms with van der Waals surface area (Å²) >= 11 is 0. The Morgan fingerprint density at radius 1 is 0.191 bits per heavy atom. The first kappa shape index (κ1) is 38.1. The molecule has 0 N–H and O–H groups in total. The Labute approximate surface area is 390 Å². The van der Waals surface area contributed by atoms with Gasteiger partial charge < -0.3 is 0 Å². The van der Waals surface area contributed by atoms with E-state index in [2.05, 4.69) is 210 Å². The van der Waals surface area contributed by atoms with Crippen LogP contribution in [0.3, 0.4) is 0 Å². The predicted molar refractivity (Wildman–Crippen MR) is 283 cm³/mol. The first-order valence-corrected chi connectivity index (χ1v) is 22.9. The molecule has 11 aromatic carbocycles. The standard InChI is InChI=1S/C63H37N5/c1-3-9-40-27-52-29-46(15-13-42(52)23-38(40)7-1)54-33-55(47-16-14-43-24-39-8-2-4-10-41(39)28-53(43)30-47)35-58(34-54)63-67-61(50-19-17-44-25-48-11-5-21-64-59(48)36-56(44)31-50)66-62(68-63)51-20-18-45-26-49-12-6-22-65-60(49)37-57(45)32-51/h1-37H. The number of fused-ring (bicyclic) bond motifs is 8. The SMILES string of the molecule is c1ccc2cc3cc(-c4cc(-c5ccc6cc7ccccc7cc6c5)cc(-c5nc(-c6ccc7cc8cccnc8cc7c6)nc(-c6ccc7cc8cccnc8cc7c6)n5)c4)ccc3cc2c1. The summed E-state index contributed by atoms with van der Waals surface area (Å²) in [6.45, 7) is 0. The van der Waals surface area contributed by atoms with E-state index in [0.29, 0.717) is 17.5 Å². The highest BCUT2D eigenvalue weighted by molar-refractivity contribution is 6.03. The smallest absolute Gasteiger partial charge is 0.164 e. The van der Waals surface area contributed by atoms with Crippen LogP contribution in [0.5, 0.6) is 0 Å². The maximum atomic E-state index is 5.36. The van der Waals surface area contributed by atoms with Crippen molar-refractivity contribution in [2.24, 2.45) is 0 Å². The molecule has 0 aliphatic carbocycles. The molecule has 0 unspecified atom stereocenters. The highest BCUT2D eigenvalue weighted by Crippen LogP contribution is 2.38. The largest absolute Gasteiger partial charge is 0.256 e. The van der Waals surface area contributed by atoms with Gasteiger partial charge >= 0.3 is 0 Å². The summed E-state index contributed by atoms with van der Waals surface area (Å²) < 4.78 is 0. The maximum absolute atomic E-state index is 5.36. The van der Waals surface area contributed by atoms with E-state index < -0.39 is 0 Å². The third-order valence-corrected chi connectivity index (χ3v) is 13.5. The fourth-order valence-electron chi connectivity index (χ4n) is 10.0. The number of nitrogens with zero attached hydrogens (tertiary/aromatic N) is 5. The third-order valence-electron chi connectivity index (χ3n) is 13.5. The first-order valence-electron chi connectivity index (χ1n) is 22.9. The molecule has 5 nitrogen and oxygen atoms in total. The number of pyridine rings is 2. The number of rotatable bonds is 5. The van der Waals surface area contributed by atoms with Crippen molar-refractivity contribution in [3.8, 4) is 56.4 Å². The van der Waals surface area contributed by atoms with E-state index in [1.54, 1.807) is 0 Å². The molecule has 14 rings (SSSR count). The molecule has 0 fully saturated rings. The summed E-state index contributed by atoms with van der Waals surface area (Å²) in [6.07, 6.45) is 3.68. The van der Waals surface area contributed by atoms with E-state index in [9.17, 15) is 0 Å². The van der Waals surface area contributed by atoms with Gasteiger partial charge in [0.05, 0.1) is 11.0 Å². The molecule has 314 valence electrons. The van der Waals surface area contributed by atoms with Crippen molar-refractivity contribution in [2.75, 3.05) is 0 Å². The Kier molecular flexibility index (Phi) is 8.52. The van der Waals surface area contributed by atoms with Crippen LogP contribution in [0.1, 0.15) is 0 Å². The fourth-order valence-corrected chi connectivity index (χ4v) is 10.0. The zero-order chi connectivity index (χ0) is 44.7. The van der Waals surface area contributed by atoms with Gasteiger partial charge in [-0.15, -0.1) is 0 Å². The Hall–Kier alpha value is -9.19. The van der Waals surface area contributed by atoms with Crippen LogP contribution in [0.2, 0.25) is 0 Å². The molecule has 14 aromatic rings. The van der Waals surface area contributed by atoms with Crippen molar-refractivity contribution in [1.29, 1.82) is 0 Å². The number of aromatic nitrogens is 5. The van der Waals surface area contributed by atoms with Gasteiger partial charge in [-0.25, -0.2) is 15.0 Å². The average Bonchev–Trinajstić information content (AvgIpc) is 3.39. The molecule has 0 radical (unpaired) electrons. The molecular weight excluding hydrogens is 827 g/mol. The molecule has 68 heavy (non-hydrogen) atoms. The molecule has 0 saturated heterocycles. The van der Waals surface area contributed by atoms with E-state index in [1.165, 1.54) is 43.1 Å². The van der Waals surface area contributed by atoms with Crippen LogP contribution in [0.15, 0.2) is 225 Å². The van der Waals surface area contributed by atoms with Crippen LogP contribution in [0, 0.1) is 0 Å². The Bertz CT molecular complexity index is 3850. The molecule has 0 saturated carbocycles. The van der Waals surface area contributed by atoms with E-state index in [4.69, 9.17) is 15.0 Å². The van der Waals surface area contributed by atoms with E-state index in [-0.39, 0.29) is 0 Å². The molecular formula is C63H37N5. The average molecular weight is 864 g/mol. The molecule has 0 atom stereocenters.